The molecule has 0 bridgehead atoms. The molecule has 2 aromatic carbocycles. The molecule has 0 spiro atoms. The molecule has 2 amide bonds. The minimum Gasteiger partial charge on any atom is -0.352 e. The number of hydrogen-bond acceptors (Lipinski definition) is 4. The molecule has 35 heavy (non-hydrogen) atoms. The Bertz CT molecular complexity index is 1100. The van der Waals surface area contributed by atoms with Gasteiger partial charge in [0.05, 0.1) is 11.9 Å². The lowest BCUT2D eigenvalue weighted by Crippen LogP contribution is -2.49. The largest absolute Gasteiger partial charge is 0.352 e. The summed E-state index contributed by atoms with van der Waals surface area (Å²) in [6, 6.07) is 15.5. The van der Waals surface area contributed by atoms with Gasteiger partial charge in [-0.25, -0.2) is 8.42 Å². The summed E-state index contributed by atoms with van der Waals surface area (Å²) in [5, 5.41) is 3.64. The zero-order chi connectivity index (χ0) is 25.4. The second kappa shape index (κ2) is 12.4. The van der Waals surface area contributed by atoms with E-state index in [-0.39, 0.29) is 37.4 Å². The molecule has 1 saturated carbocycles. The highest BCUT2D eigenvalue weighted by atomic mass is 35.5. The standard InChI is InChI=1S/C26H34ClN3O4S/c1-20(26(32)28-23-12-6-7-13-23)29(19-21-10-8-11-22(27)18-21)25(31)16-9-17-30(35(2,33)34)24-14-4-3-5-15-24/h3-5,8,10-11,14-15,18,20,23H,6-7,9,12-13,16-17,19H2,1-2H3,(H,28,32). The number of nitrogens with one attached hydrogen (secondary N) is 1. The van der Waals surface area contributed by atoms with Crippen LogP contribution in [0.2, 0.25) is 5.02 Å². The van der Waals surface area contributed by atoms with Crippen molar-refractivity contribution in [3.63, 3.8) is 0 Å². The number of sulfonamides is 1. The highest BCUT2D eigenvalue weighted by Gasteiger charge is 2.28. The van der Waals surface area contributed by atoms with E-state index < -0.39 is 16.1 Å². The van der Waals surface area contributed by atoms with Gasteiger partial charge in [0, 0.05) is 30.6 Å². The molecule has 0 saturated heterocycles. The van der Waals surface area contributed by atoms with Crippen molar-refractivity contribution in [3.05, 3.63) is 65.2 Å². The van der Waals surface area contributed by atoms with E-state index in [9.17, 15) is 18.0 Å². The van der Waals surface area contributed by atoms with E-state index in [1.54, 1.807) is 48.2 Å². The fourth-order valence-electron chi connectivity index (χ4n) is 4.40. The molecular formula is C26H34ClN3O4S. The number of hydrogen-bond donors (Lipinski definition) is 1. The van der Waals surface area contributed by atoms with Crippen molar-refractivity contribution in [2.75, 3.05) is 17.1 Å². The van der Waals surface area contributed by atoms with Crippen LogP contribution in [0.5, 0.6) is 0 Å². The van der Waals surface area contributed by atoms with Gasteiger partial charge in [0.1, 0.15) is 6.04 Å². The first-order valence-corrected chi connectivity index (χ1v) is 14.2. The molecule has 0 heterocycles. The predicted molar refractivity (Wildman–Crippen MR) is 140 cm³/mol. The number of halogens is 1. The van der Waals surface area contributed by atoms with Crippen molar-refractivity contribution in [1.29, 1.82) is 0 Å². The van der Waals surface area contributed by atoms with Crippen LogP contribution in [0.15, 0.2) is 54.6 Å². The van der Waals surface area contributed by atoms with Gasteiger partial charge in [-0.1, -0.05) is 54.8 Å². The molecule has 3 rings (SSSR count). The van der Waals surface area contributed by atoms with Gasteiger partial charge in [0.15, 0.2) is 0 Å². The summed E-state index contributed by atoms with van der Waals surface area (Å²) < 4.78 is 26.0. The first-order valence-electron chi connectivity index (χ1n) is 12.0. The number of nitrogens with zero attached hydrogens (tertiary/aromatic N) is 2. The van der Waals surface area contributed by atoms with Gasteiger partial charge >= 0.3 is 0 Å². The zero-order valence-corrected chi connectivity index (χ0v) is 21.9. The lowest BCUT2D eigenvalue weighted by molar-refractivity contribution is -0.141. The molecular weight excluding hydrogens is 486 g/mol. The van der Waals surface area contributed by atoms with Gasteiger partial charge in [-0.3, -0.25) is 13.9 Å². The Morgan fingerprint density at radius 1 is 1.09 bits per heavy atom. The molecule has 1 atom stereocenters. The molecule has 190 valence electrons. The number of carbonyl (C=O) groups excluding carboxylic acids is 2. The molecule has 0 aliphatic heterocycles. The van der Waals surface area contributed by atoms with Crippen molar-refractivity contribution < 1.29 is 18.0 Å². The fraction of sp³-hybridized carbons (Fsp3) is 0.462. The number of amides is 2. The smallest absolute Gasteiger partial charge is 0.242 e. The summed E-state index contributed by atoms with van der Waals surface area (Å²) in [4.78, 5) is 27.9. The summed E-state index contributed by atoms with van der Waals surface area (Å²) in [5.41, 5.74) is 1.39. The van der Waals surface area contributed by atoms with E-state index in [1.807, 2.05) is 18.2 Å². The predicted octanol–water partition coefficient (Wildman–Crippen LogP) is 4.36. The highest BCUT2D eigenvalue weighted by Crippen LogP contribution is 2.21. The van der Waals surface area contributed by atoms with E-state index in [0.29, 0.717) is 17.1 Å². The van der Waals surface area contributed by atoms with E-state index in [4.69, 9.17) is 11.6 Å². The SMILES string of the molecule is CC(C(=O)NC1CCCC1)N(Cc1cccc(Cl)c1)C(=O)CCCN(c1ccccc1)S(C)(=O)=O. The fourth-order valence-corrected chi connectivity index (χ4v) is 5.58. The van der Waals surface area contributed by atoms with Crippen LogP contribution in [0.3, 0.4) is 0 Å². The van der Waals surface area contributed by atoms with Gasteiger partial charge in [-0.05, 0) is 56.0 Å². The Morgan fingerprint density at radius 3 is 2.40 bits per heavy atom. The molecule has 1 N–H and O–H groups in total. The van der Waals surface area contributed by atoms with E-state index in [2.05, 4.69) is 5.32 Å². The van der Waals surface area contributed by atoms with Gasteiger partial charge in [-0.2, -0.15) is 0 Å². The average Bonchev–Trinajstić information content (AvgIpc) is 3.32. The van der Waals surface area contributed by atoms with Crippen molar-refractivity contribution in [2.45, 2.75) is 64.1 Å². The molecule has 1 unspecified atom stereocenters. The third kappa shape index (κ3) is 7.97. The van der Waals surface area contributed by atoms with Crippen LogP contribution < -0.4 is 9.62 Å². The Kier molecular flexibility index (Phi) is 9.57. The van der Waals surface area contributed by atoms with Crippen LogP contribution in [0.25, 0.3) is 0 Å². The van der Waals surface area contributed by atoms with Gasteiger partial charge in [0.2, 0.25) is 21.8 Å². The molecule has 2 aromatic rings. The summed E-state index contributed by atoms with van der Waals surface area (Å²) in [7, 11) is -3.50. The van der Waals surface area contributed by atoms with E-state index >= 15 is 0 Å². The molecule has 9 heteroatoms. The zero-order valence-electron chi connectivity index (χ0n) is 20.3. The first-order chi connectivity index (χ1) is 16.6. The van der Waals surface area contributed by atoms with E-state index in [0.717, 1.165) is 37.5 Å². The Hall–Kier alpha value is -2.58. The first kappa shape index (κ1) is 27.0. The summed E-state index contributed by atoms with van der Waals surface area (Å²) in [6.45, 7) is 2.15. The number of anilines is 1. The summed E-state index contributed by atoms with van der Waals surface area (Å²) in [6.07, 6.45) is 5.71. The topological polar surface area (TPSA) is 86.8 Å². The number of para-hydroxylation sites is 1. The summed E-state index contributed by atoms with van der Waals surface area (Å²) >= 11 is 6.14. The van der Waals surface area contributed by atoms with Crippen molar-refractivity contribution in [3.8, 4) is 0 Å². The van der Waals surface area contributed by atoms with Crippen LogP contribution in [0.4, 0.5) is 5.69 Å². The highest BCUT2D eigenvalue weighted by molar-refractivity contribution is 7.92. The van der Waals surface area contributed by atoms with Crippen molar-refractivity contribution in [1.82, 2.24) is 10.2 Å². The Labute approximate surface area is 213 Å². The van der Waals surface area contributed by atoms with Gasteiger partial charge in [-0.15, -0.1) is 0 Å². The molecule has 7 nitrogen and oxygen atoms in total. The maximum atomic E-state index is 13.3. The third-order valence-electron chi connectivity index (χ3n) is 6.31. The lowest BCUT2D eigenvalue weighted by Gasteiger charge is -2.30. The maximum absolute atomic E-state index is 13.3. The van der Waals surface area contributed by atoms with Crippen molar-refractivity contribution in [2.24, 2.45) is 0 Å². The summed E-state index contributed by atoms with van der Waals surface area (Å²) in [5.74, 6) is -0.380. The van der Waals surface area contributed by atoms with Gasteiger partial charge in [0.25, 0.3) is 0 Å². The molecule has 1 aliphatic carbocycles. The lowest BCUT2D eigenvalue weighted by atomic mass is 10.1. The average molecular weight is 520 g/mol. The number of benzene rings is 2. The van der Waals surface area contributed by atoms with Crippen LogP contribution in [-0.4, -0.2) is 50.0 Å². The van der Waals surface area contributed by atoms with Crippen LogP contribution in [-0.2, 0) is 26.2 Å². The quantitative estimate of drug-likeness (QED) is 0.478. The van der Waals surface area contributed by atoms with Crippen molar-refractivity contribution >= 4 is 39.1 Å². The minimum atomic E-state index is -3.50. The Morgan fingerprint density at radius 2 is 1.77 bits per heavy atom. The Balaban J connectivity index is 1.70. The second-order valence-corrected chi connectivity index (χ2v) is 11.4. The monoisotopic (exact) mass is 519 g/mol. The maximum Gasteiger partial charge on any atom is 0.242 e. The molecule has 1 aliphatic rings. The molecule has 0 radical (unpaired) electrons. The van der Waals surface area contributed by atoms with Crippen LogP contribution >= 0.6 is 11.6 Å². The van der Waals surface area contributed by atoms with Crippen LogP contribution in [0, 0.1) is 0 Å². The second-order valence-electron chi connectivity index (χ2n) is 9.09. The van der Waals surface area contributed by atoms with Crippen LogP contribution in [0.1, 0.15) is 51.0 Å². The number of rotatable bonds is 11. The van der Waals surface area contributed by atoms with E-state index in [1.165, 1.54) is 4.31 Å². The molecule has 0 aromatic heterocycles. The van der Waals surface area contributed by atoms with Gasteiger partial charge < -0.3 is 10.2 Å². The third-order valence-corrected chi connectivity index (χ3v) is 7.74. The minimum absolute atomic E-state index is 0.112. The normalized spacial score (nSPS) is 14.9. The number of carbonyl (C=O) groups is 2. The molecule has 1 fully saturated rings.